The lowest BCUT2D eigenvalue weighted by Crippen LogP contribution is -2.17. The highest BCUT2D eigenvalue weighted by molar-refractivity contribution is 5.69. The lowest BCUT2D eigenvalue weighted by atomic mass is 9.78. The van der Waals surface area contributed by atoms with Gasteiger partial charge in [0.1, 0.15) is 12.4 Å². The smallest absolute Gasteiger partial charge is 0.305 e. The summed E-state index contributed by atoms with van der Waals surface area (Å²) in [5.74, 6) is 0.0192. The van der Waals surface area contributed by atoms with Crippen LogP contribution < -0.4 is 0 Å². The Kier molecular flexibility index (Phi) is 6.85. The molecule has 0 atom stereocenters. The Morgan fingerprint density at radius 3 is 2.21 bits per heavy atom. The molecule has 4 heteroatoms. The first-order valence-corrected chi connectivity index (χ1v) is 8.60. The van der Waals surface area contributed by atoms with E-state index in [9.17, 15) is 9.90 Å². The van der Waals surface area contributed by atoms with E-state index in [0.29, 0.717) is 18.6 Å². The predicted octanol–water partition coefficient (Wildman–Crippen LogP) is 3.85. The first kappa shape index (κ1) is 20.5. The van der Waals surface area contributed by atoms with Crippen LogP contribution in [0.25, 0.3) is 0 Å². The Morgan fingerprint density at radius 1 is 1.08 bits per heavy atom. The Bertz CT molecular complexity index is 562. The summed E-state index contributed by atoms with van der Waals surface area (Å²) in [5.41, 5.74) is 2.83. The van der Waals surface area contributed by atoms with Gasteiger partial charge in [0, 0.05) is 6.42 Å². The van der Waals surface area contributed by atoms with Crippen LogP contribution in [0.15, 0.2) is 12.1 Å². The van der Waals surface area contributed by atoms with E-state index >= 15 is 0 Å². The largest absolute Gasteiger partial charge is 0.507 e. The highest BCUT2D eigenvalue weighted by Gasteiger charge is 2.24. The average molecular weight is 336 g/mol. The molecule has 136 valence electrons. The summed E-state index contributed by atoms with van der Waals surface area (Å²) in [4.78, 5) is 11.5. The molecule has 0 aromatic heterocycles. The minimum absolute atomic E-state index is 0.0114. The average Bonchev–Trinajstić information content (AvgIpc) is 2.44. The number of aromatic hydroxyl groups is 1. The number of carbonyl (C=O) groups is 1. The van der Waals surface area contributed by atoms with Gasteiger partial charge in [0.2, 0.25) is 0 Å². The third-order valence-corrected chi connectivity index (χ3v) is 4.04. The Balaban J connectivity index is 2.99. The molecule has 0 fully saturated rings. The van der Waals surface area contributed by atoms with Crippen LogP contribution in [-0.4, -0.2) is 29.4 Å². The topological polar surface area (TPSA) is 66.8 Å². The second-order valence-corrected chi connectivity index (χ2v) is 8.33. The summed E-state index contributed by atoms with van der Waals surface area (Å²) >= 11 is 0. The predicted molar refractivity (Wildman–Crippen MR) is 96.5 cm³/mol. The quantitative estimate of drug-likeness (QED) is 0.775. The van der Waals surface area contributed by atoms with Crippen molar-refractivity contribution < 1.29 is 19.7 Å². The van der Waals surface area contributed by atoms with E-state index in [1.807, 2.05) is 6.07 Å². The number of hydrogen-bond acceptors (Lipinski definition) is 4. The van der Waals surface area contributed by atoms with Crippen molar-refractivity contribution in [3.63, 3.8) is 0 Å². The maximum atomic E-state index is 11.5. The second kappa shape index (κ2) is 8.02. The van der Waals surface area contributed by atoms with Crippen molar-refractivity contribution in [1.29, 1.82) is 0 Å². The van der Waals surface area contributed by atoms with E-state index in [1.54, 1.807) is 0 Å². The van der Waals surface area contributed by atoms with Gasteiger partial charge in [0.15, 0.2) is 0 Å². The molecule has 1 aromatic carbocycles. The number of rotatable bonds is 6. The molecule has 0 bridgehead atoms. The SMILES string of the molecule is CC(C)(C)c1cc(CCCC(=O)OCCO)c(O)c(C(C)(C)C)c1. The molecule has 4 nitrogen and oxygen atoms in total. The van der Waals surface area contributed by atoms with Gasteiger partial charge in [-0.1, -0.05) is 53.7 Å². The molecule has 1 aromatic rings. The second-order valence-electron chi connectivity index (χ2n) is 8.33. The van der Waals surface area contributed by atoms with Crippen LogP contribution in [0.2, 0.25) is 0 Å². The van der Waals surface area contributed by atoms with Gasteiger partial charge in [0.25, 0.3) is 0 Å². The molecular formula is C20H32O4. The fraction of sp³-hybridized carbons (Fsp3) is 0.650. The van der Waals surface area contributed by atoms with Crippen LogP contribution in [0.1, 0.15) is 71.1 Å². The van der Waals surface area contributed by atoms with Gasteiger partial charge in [-0.05, 0) is 40.4 Å². The monoisotopic (exact) mass is 336 g/mol. The Morgan fingerprint density at radius 2 is 1.71 bits per heavy atom. The van der Waals surface area contributed by atoms with Gasteiger partial charge >= 0.3 is 5.97 Å². The number of benzene rings is 1. The fourth-order valence-electron chi connectivity index (χ4n) is 2.54. The van der Waals surface area contributed by atoms with Gasteiger partial charge in [-0.15, -0.1) is 0 Å². The fourth-order valence-corrected chi connectivity index (χ4v) is 2.54. The first-order chi connectivity index (χ1) is 11.0. The number of phenols is 1. The minimum Gasteiger partial charge on any atom is -0.507 e. The number of carbonyl (C=O) groups excluding carboxylic acids is 1. The molecule has 0 amide bonds. The maximum absolute atomic E-state index is 11.5. The highest BCUT2D eigenvalue weighted by atomic mass is 16.5. The van der Waals surface area contributed by atoms with Gasteiger partial charge < -0.3 is 14.9 Å². The molecule has 0 aliphatic rings. The molecule has 0 saturated heterocycles. The summed E-state index contributed by atoms with van der Waals surface area (Å²) in [7, 11) is 0. The lowest BCUT2D eigenvalue weighted by Gasteiger charge is -2.27. The van der Waals surface area contributed by atoms with E-state index in [-0.39, 0.29) is 36.4 Å². The number of ether oxygens (including phenoxy) is 1. The van der Waals surface area contributed by atoms with Crippen molar-refractivity contribution >= 4 is 5.97 Å². The van der Waals surface area contributed by atoms with Crippen LogP contribution in [0.4, 0.5) is 0 Å². The highest BCUT2D eigenvalue weighted by Crippen LogP contribution is 2.38. The molecule has 0 heterocycles. The number of aliphatic hydroxyl groups excluding tert-OH is 1. The molecule has 0 radical (unpaired) electrons. The third-order valence-electron chi connectivity index (χ3n) is 4.04. The van der Waals surface area contributed by atoms with Crippen LogP contribution in [0.3, 0.4) is 0 Å². The zero-order valence-electron chi connectivity index (χ0n) is 15.9. The Hall–Kier alpha value is -1.55. The van der Waals surface area contributed by atoms with Gasteiger partial charge in [-0.3, -0.25) is 4.79 Å². The van der Waals surface area contributed by atoms with Crippen molar-refractivity contribution in [2.24, 2.45) is 0 Å². The van der Waals surface area contributed by atoms with Crippen molar-refractivity contribution in [3.8, 4) is 5.75 Å². The molecule has 1 rings (SSSR count). The Labute approximate surface area is 145 Å². The number of aryl methyl sites for hydroxylation is 1. The van der Waals surface area contributed by atoms with Crippen LogP contribution in [0, 0.1) is 0 Å². The molecule has 0 aliphatic heterocycles. The normalized spacial score (nSPS) is 12.3. The standard InChI is InChI=1S/C20H32O4/c1-19(2,3)15-12-14(8-7-9-17(22)24-11-10-21)18(23)16(13-15)20(4,5)6/h12-13,21,23H,7-11H2,1-6H3. The molecule has 0 spiro atoms. The van der Waals surface area contributed by atoms with E-state index in [4.69, 9.17) is 9.84 Å². The van der Waals surface area contributed by atoms with Crippen molar-refractivity contribution in [2.45, 2.75) is 71.6 Å². The number of phenolic OH excluding ortho intramolecular Hbond substituents is 1. The van der Waals surface area contributed by atoms with Crippen LogP contribution in [-0.2, 0) is 26.8 Å². The summed E-state index contributed by atoms with van der Waals surface area (Å²) in [5, 5.41) is 19.3. The molecule has 0 unspecified atom stereocenters. The molecular weight excluding hydrogens is 304 g/mol. The molecule has 0 aliphatic carbocycles. The number of esters is 1. The zero-order chi connectivity index (χ0) is 18.5. The van der Waals surface area contributed by atoms with Gasteiger partial charge in [-0.25, -0.2) is 0 Å². The van der Waals surface area contributed by atoms with E-state index in [1.165, 1.54) is 5.56 Å². The number of hydrogen-bond donors (Lipinski definition) is 2. The van der Waals surface area contributed by atoms with Crippen LogP contribution >= 0.6 is 0 Å². The van der Waals surface area contributed by atoms with Crippen molar-refractivity contribution in [3.05, 3.63) is 28.8 Å². The van der Waals surface area contributed by atoms with E-state index in [2.05, 4.69) is 47.6 Å². The summed E-state index contributed by atoms with van der Waals surface area (Å²) in [6, 6.07) is 4.14. The summed E-state index contributed by atoms with van der Waals surface area (Å²) in [6.07, 6.45) is 1.51. The molecule has 0 saturated carbocycles. The number of aliphatic hydroxyl groups is 1. The van der Waals surface area contributed by atoms with Gasteiger partial charge in [0.05, 0.1) is 6.61 Å². The zero-order valence-corrected chi connectivity index (χ0v) is 15.9. The molecule has 24 heavy (non-hydrogen) atoms. The van der Waals surface area contributed by atoms with Crippen molar-refractivity contribution in [1.82, 2.24) is 0 Å². The maximum Gasteiger partial charge on any atom is 0.305 e. The summed E-state index contributed by atoms with van der Waals surface area (Å²) in [6.45, 7) is 12.6. The molecule has 2 N–H and O–H groups in total. The third kappa shape index (κ3) is 5.82. The van der Waals surface area contributed by atoms with E-state index < -0.39 is 0 Å². The van der Waals surface area contributed by atoms with Crippen LogP contribution in [0.5, 0.6) is 5.75 Å². The van der Waals surface area contributed by atoms with E-state index in [0.717, 1.165) is 11.1 Å². The van der Waals surface area contributed by atoms with Crippen molar-refractivity contribution in [2.75, 3.05) is 13.2 Å². The van der Waals surface area contributed by atoms with Gasteiger partial charge in [-0.2, -0.15) is 0 Å². The minimum atomic E-state index is -0.313. The first-order valence-electron chi connectivity index (χ1n) is 8.60. The summed E-state index contributed by atoms with van der Waals surface area (Å²) < 4.78 is 4.86. The lowest BCUT2D eigenvalue weighted by molar-refractivity contribution is -0.144.